The Bertz CT molecular complexity index is 1530. The number of amides is 2. The molecule has 1 heterocycles. The van der Waals surface area contributed by atoms with Crippen LogP contribution in [-0.4, -0.2) is 75.9 Å². The standard InChI is InChI=1S/C42H52N4O4/c1-33(41(39(43)47,34-14-6-2-7-15-34)35-16-8-3-9-17-35)22-24-45-25-28-49-30-31-50-29-27-46-26-23-38(32-46)42(40(44)48,36-18-10-4-11-19-36)37-20-12-5-13-21-37/h2-21,33,38,45H,22-32H2,1H3,(H2,43,47)(H2,44,48). The number of nitrogens with zero attached hydrogens (tertiary/aromatic N) is 1. The van der Waals surface area contributed by atoms with Gasteiger partial charge in [0, 0.05) is 19.6 Å². The molecule has 0 saturated carbocycles. The molecule has 2 atom stereocenters. The third-order valence-corrected chi connectivity index (χ3v) is 10.4. The van der Waals surface area contributed by atoms with E-state index in [1.54, 1.807) is 0 Å². The van der Waals surface area contributed by atoms with Crippen LogP contribution in [0.2, 0.25) is 0 Å². The third-order valence-electron chi connectivity index (χ3n) is 10.4. The maximum Gasteiger partial charge on any atom is 0.232 e. The van der Waals surface area contributed by atoms with Crippen molar-refractivity contribution in [3.8, 4) is 0 Å². The number of hydrogen-bond acceptors (Lipinski definition) is 6. The monoisotopic (exact) mass is 676 g/mol. The van der Waals surface area contributed by atoms with Crippen LogP contribution in [0.5, 0.6) is 0 Å². The predicted octanol–water partition coefficient (Wildman–Crippen LogP) is 4.90. The van der Waals surface area contributed by atoms with E-state index in [9.17, 15) is 9.59 Å². The van der Waals surface area contributed by atoms with Gasteiger partial charge in [0.1, 0.15) is 10.8 Å². The second-order valence-corrected chi connectivity index (χ2v) is 13.3. The zero-order valence-electron chi connectivity index (χ0n) is 29.2. The highest BCUT2D eigenvalue weighted by Gasteiger charge is 2.49. The van der Waals surface area contributed by atoms with Crippen molar-refractivity contribution in [2.24, 2.45) is 23.3 Å². The van der Waals surface area contributed by atoms with E-state index in [4.69, 9.17) is 20.9 Å². The Morgan fingerprint density at radius 1 is 0.700 bits per heavy atom. The number of benzene rings is 4. The fourth-order valence-electron chi connectivity index (χ4n) is 7.90. The molecule has 0 bridgehead atoms. The molecule has 5 rings (SSSR count). The molecule has 1 aliphatic rings. The first-order valence-electron chi connectivity index (χ1n) is 17.8. The molecule has 50 heavy (non-hydrogen) atoms. The maximum atomic E-state index is 13.3. The Kier molecular flexibility index (Phi) is 13.3. The molecule has 0 spiro atoms. The van der Waals surface area contributed by atoms with E-state index < -0.39 is 10.8 Å². The van der Waals surface area contributed by atoms with Gasteiger partial charge in [-0.15, -0.1) is 0 Å². The zero-order valence-corrected chi connectivity index (χ0v) is 29.2. The second kappa shape index (κ2) is 18.1. The van der Waals surface area contributed by atoms with Crippen LogP contribution < -0.4 is 16.8 Å². The van der Waals surface area contributed by atoms with Crippen LogP contribution in [0.15, 0.2) is 121 Å². The van der Waals surface area contributed by atoms with Crippen molar-refractivity contribution in [2.45, 2.75) is 30.6 Å². The average molecular weight is 677 g/mol. The second-order valence-electron chi connectivity index (χ2n) is 13.3. The Hall–Kier alpha value is -4.34. The van der Waals surface area contributed by atoms with E-state index in [1.807, 2.05) is 121 Å². The lowest BCUT2D eigenvalue weighted by molar-refractivity contribution is -0.124. The minimum Gasteiger partial charge on any atom is -0.378 e. The van der Waals surface area contributed by atoms with Crippen LogP contribution in [0.4, 0.5) is 0 Å². The number of nitrogens with one attached hydrogen (secondary N) is 1. The summed E-state index contributed by atoms with van der Waals surface area (Å²) >= 11 is 0. The maximum absolute atomic E-state index is 13.3. The van der Waals surface area contributed by atoms with E-state index in [0.717, 1.165) is 61.3 Å². The van der Waals surface area contributed by atoms with Crippen molar-refractivity contribution < 1.29 is 19.1 Å². The van der Waals surface area contributed by atoms with Gasteiger partial charge >= 0.3 is 0 Å². The SMILES string of the molecule is CC(CCNCCOCCOCCN1CCC(C(C(N)=O)(c2ccccc2)c2ccccc2)C1)C(C(N)=O)(c1ccccc1)c1ccccc1. The highest BCUT2D eigenvalue weighted by atomic mass is 16.5. The van der Waals surface area contributed by atoms with Gasteiger partial charge < -0.3 is 31.2 Å². The van der Waals surface area contributed by atoms with E-state index in [0.29, 0.717) is 33.0 Å². The van der Waals surface area contributed by atoms with Crippen molar-refractivity contribution >= 4 is 11.8 Å². The minimum absolute atomic E-state index is 0.0265. The zero-order chi connectivity index (χ0) is 35.2. The predicted molar refractivity (Wildman–Crippen MR) is 199 cm³/mol. The van der Waals surface area contributed by atoms with Crippen LogP contribution in [0.1, 0.15) is 42.0 Å². The van der Waals surface area contributed by atoms with Crippen LogP contribution in [0.3, 0.4) is 0 Å². The molecule has 4 aromatic rings. The summed E-state index contributed by atoms with van der Waals surface area (Å²) in [7, 11) is 0. The Labute approximate surface area is 297 Å². The molecule has 2 unspecified atom stereocenters. The van der Waals surface area contributed by atoms with Crippen LogP contribution in [0, 0.1) is 11.8 Å². The van der Waals surface area contributed by atoms with Crippen LogP contribution in [-0.2, 0) is 29.9 Å². The molecule has 0 aromatic heterocycles. The molecule has 1 fully saturated rings. The van der Waals surface area contributed by atoms with Gasteiger partial charge in [0.15, 0.2) is 0 Å². The van der Waals surface area contributed by atoms with Gasteiger partial charge in [-0.3, -0.25) is 9.59 Å². The fraction of sp³-hybridized carbons (Fsp3) is 0.381. The first kappa shape index (κ1) is 36.9. The number of rotatable bonds is 20. The fourth-order valence-corrected chi connectivity index (χ4v) is 7.90. The third kappa shape index (κ3) is 8.16. The first-order chi connectivity index (χ1) is 24.4. The number of hydrogen-bond donors (Lipinski definition) is 3. The molecule has 0 aliphatic carbocycles. The molecule has 5 N–H and O–H groups in total. The van der Waals surface area contributed by atoms with E-state index >= 15 is 0 Å². The van der Waals surface area contributed by atoms with Crippen LogP contribution in [0.25, 0.3) is 0 Å². The number of carbonyl (C=O) groups excluding carboxylic acids is 2. The average Bonchev–Trinajstić information content (AvgIpc) is 3.61. The molecule has 1 aliphatic heterocycles. The number of primary amides is 2. The molecule has 1 saturated heterocycles. The minimum atomic E-state index is -0.914. The van der Waals surface area contributed by atoms with Gasteiger partial charge in [0.25, 0.3) is 0 Å². The van der Waals surface area contributed by atoms with Crippen molar-refractivity contribution in [3.05, 3.63) is 144 Å². The summed E-state index contributed by atoms with van der Waals surface area (Å²) < 4.78 is 11.7. The summed E-state index contributed by atoms with van der Waals surface area (Å²) in [6, 6.07) is 39.6. The lowest BCUT2D eigenvalue weighted by Crippen LogP contribution is -2.49. The number of ether oxygens (including phenoxy) is 2. The van der Waals surface area contributed by atoms with Gasteiger partial charge in [-0.05, 0) is 60.0 Å². The van der Waals surface area contributed by atoms with E-state index in [-0.39, 0.29) is 23.7 Å². The number of carbonyl (C=O) groups is 2. The molecule has 8 nitrogen and oxygen atoms in total. The van der Waals surface area contributed by atoms with Gasteiger partial charge in [0.2, 0.25) is 11.8 Å². The topological polar surface area (TPSA) is 120 Å². The summed E-state index contributed by atoms with van der Waals surface area (Å²) in [6.45, 7) is 8.17. The normalized spacial score (nSPS) is 15.9. The molecular weight excluding hydrogens is 624 g/mol. The molecule has 8 heteroatoms. The van der Waals surface area contributed by atoms with Crippen molar-refractivity contribution in [1.29, 1.82) is 0 Å². The summed E-state index contributed by atoms with van der Waals surface area (Å²) in [5.74, 6) is -0.611. The smallest absolute Gasteiger partial charge is 0.232 e. The Morgan fingerprint density at radius 3 is 1.66 bits per heavy atom. The van der Waals surface area contributed by atoms with Gasteiger partial charge in [-0.25, -0.2) is 0 Å². The molecular formula is C42H52N4O4. The van der Waals surface area contributed by atoms with Gasteiger partial charge in [-0.1, -0.05) is 128 Å². The Balaban J connectivity index is 1.01. The van der Waals surface area contributed by atoms with Crippen molar-refractivity contribution in [1.82, 2.24) is 10.2 Å². The van der Waals surface area contributed by atoms with E-state index in [2.05, 4.69) is 17.1 Å². The highest BCUT2D eigenvalue weighted by Crippen LogP contribution is 2.44. The number of likely N-dealkylation sites (tertiary alicyclic amines) is 1. The van der Waals surface area contributed by atoms with Crippen LogP contribution >= 0.6 is 0 Å². The summed E-state index contributed by atoms with van der Waals surface area (Å²) in [4.78, 5) is 28.8. The molecule has 4 aromatic carbocycles. The molecule has 264 valence electrons. The Morgan fingerprint density at radius 2 is 1.18 bits per heavy atom. The quantitative estimate of drug-likeness (QED) is 0.115. The van der Waals surface area contributed by atoms with E-state index in [1.165, 1.54) is 0 Å². The molecule has 0 radical (unpaired) electrons. The lowest BCUT2D eigenvalue weighted by atomic mass is 9.64. The van der Waals surface area contributed by atoms with Gasteiger partial charge in [-0.2, -0.15) is 0 Å². The largest absolute Gasteiger partial charge is 0.378 e. The lowest BCUT2D eigenvalue weighted by Gasteiger charge is -2.37. The summed E-state index contributed by atoms with van der Waals surface area (Å²) in [5.41, 5.74) is 14.3. The number of nitrogens with two attached hydrogens (primary N) is 2. The first-order valence-corrected chi connectivity index (χ1v) is 17.8. The summed E-state index contributed by atoms with van der Waals surface area (Å²) in [6.07, 6.45) is 1.65. The summed E-state index contributed by atoms with van der Waals surface area (Å²) in [5, 5.41) is 3.46. The highest BCUT2D eigenvalue weighted by molar-refractivity contribution is 5.92. The van der Waals surface area contributed by atoms with Gasteiger partial charge in [0.05, 0.1) is 26.4 Å². The van der Waals surface area contributed by atoms with Crippen molar-refractivity contribution in [2.75, 3.05) is 59.2 Å². The van der Waals surface area contributed by atoms with Crippen molar-refractivity contribution in [3.63, 3.8) is 0 Å². The molecule has 2 amide bonds.